The second-order valence-electron chi connectivity index (χ2n) is 5.12. The van der Waals surface area contributed by atoms with Crippen molar-refractivity contribution in [2.45, 2.75) is 32.7 Å². The molecule has 1 aliphatic heterocycles. The fraction of sp³-hybridized carbons (Fsp3) is 0.500. The molecule has 1 fully saturated rings. The van der Waals surface area contributed by atoms with E-state index < -0.39 is 12.0 Å². The Kier molecular flexibility index (Phi) is 3.70. The highest BCUT2D eigenvalue weighted by atomic mass is 16.4. The minimum atomic E-state index is -0.848. The molecule has 1 aromatic rings. The highest BCUT2D eigenvalue weighted by Crippen LogP contribution is 2.29. The van der Waals surface area contributed by atoms with Crippen LogP contribution in [0.5, 0.6) is 0 Å². The molecule has 1 aliphatic rings. The van der Waals surface area contributed by atoms with Crippen molar-refractivity contribution in [1.82, 2.24) is 4.98 Å². The van der Waals surface area contributed by atoms with Gasteiger partial charge in [0.1, 0.15) is 17.9 Å². The lowest BCUT2D eigenvalue weighted by Crippen LogP contribution is -2.47. The predicted octanol–water partition coefficient (Wildman–Crippen LogP) is 1.95. The maximum atomic E-state index is 11.4. The summed E-state index contributed by atoms with van der Waals surface area (Å²) in [4.78, 5) is 17.4. The number of hydrogen-bond acceptors (Lipinski definition) is 4. The number of hydrogen-bond donors (Lipinski definition) is 1. The number of piperidine rings is 1. The largest absolute Gasteiger partial charge is 0.480 e. The van der Waals surface area contributed by atoms with Crippen LogP contribution in [0, 0.1) is 24.2 Å². The number of carboxylic acids is 1. The SMILES string of the molecule is Cc1ccnc(N2CCC(C)CC2C(=O)O)c1C#N. The standard InChI is InChI=1S/C14H17N3O2/c1-9-4-6-17(12(7-9)14(18)19)13-11(8-15)10(2)3-5-16-13/h3,5,9,12H,4,6-7H2,1-2H3,(H,18,19). The summed E-state index contributed by atoms with van der Waals surface area (Å²) in [5, 5.41) is 18.6. The lowest BCUT2D eigenvalue weighted by Gasteiger charge is -2.37. The van der Waals surface area contributed by atoms with Crippen LogP contribution in [0.3, 0.4) is 0 Å². The van der Waals surface area contributed by atoms with Crippen LogP contribution in [0.4, 0.5) is 5.82 Å². The zero-order valence-corrected chi connectivity index (χ0v) is 11.1. The van der Waals surface area contributed by atoms with Gasteiger partial charge in [-0.05, 0) is 37.3 Å². The average molecular weight is 259 g/mol. The lowest BCUT2D eigenvalue weighted by atomic mass is 9.92. The van der Waals surface area contributed by atoms with Gasteiger partial charge in [-0.2, -0.15) is 5.26 Å². The third-order valence-corrected chi connectivity index (χ3v) is 3.67. The van der Waals surface area contributed by atoms with Crippen LogP contribution in [0.2, 0.25) is 0 Å². The molecule has 2 heterocycles. The first-order valence-electron chi connectivity index (χ1n) is 6.39. The van der Waals surface area contributed by atoms with E-state index in [9.17, 15) is 15.2 Å². The van der Waals surface area contributed by atoms with Gasteiger partial charge < -0.3 is 10.0 Å². The summed E-state index contributed by atoms with van der Waals surface area (Å²) >= 11 is 0. The number of anilines is 1. The highest BCUT2D eigenvalue weighted by Gasteiger charge is 2.33. The number of aryl methyl sites for hydroxylation is 1. The summed E-state index contributed by atoms with van der Waals surface area (Å²) in [6.07, 6.45) is 3.14. The van der Waals surface area contributed by atoms with Gasteiger partial charge in [0.25, 0.3) is 0 Å². The summed E-state index contributed by atoms with van der Waals surface area (Å²) in [7, 11) is 0. The Morgan fingerprint density at radius 2 is 2.37 bits per heavy atom. The molecule has 0 saturated carbocycles. The van der Waals surface area contributed by atoms with Gasteiger partial charge in [0.15, 0.2) is 0 Å². The van der Waals surface area contributed by atoms with E-state index in [0.717, 1.165) is 12.0 Å². The molecule has 0 spiro atoms. The van der Waals surface area contributed by atoms with Crippen LogP contribution in [0.15, 0.2) is 12.3 Å². The van der Waals surface area contributed by atoms with Gasteiger partial charge >= 0.3 is 5.97 Å². The van der Waals surface area contributed by atoms with Gasteiger partial charge in [-0.25, -0.2) is 9.78 Å². The van der Waals surface area contributed by atoms with E-state index in [1.165, 1.54) is 0 Å². The van der Waals surface area contributed by atoms with E-state index in [1.807, 2.05) is 6.92 Å². The molecule has 0 aliphatic carbocycles. The summed E-state index contributed by atoms with van der Waals surface area (Å²) in [6.45, 7) is 4.53. The van der Waals surface area contributed by atoms with Crippen molar-refractivity contribution in [1.29, 1.82) is 5.26 Å². The summed E-state index contributed by atoms with van der Waals surface area (Å²) in [6, 6.07) is 3.31. The van der Waals surface area contributed by atoms with Gasteiger partial charge in [-0.3, -0.25) is 0 Å². The molecule has 0 bridgehead atoms. The Morgan fingerprint density at radius 1 is 1.63 bits per heavy atom. The number of nitrogens with zero attached hydrogens (tertiary/aromatic N) is 3. The van der Waals surface area contributed by atoms with E-state index in [4.69, 9.17) is 0 Å². The van der Waals surface area contributed by atoms with Crippen LogP contribution in [-0.4, -0.2) is 28.6 Å². The second kappa shape index (κ2) is 5.27. The first-order chi connectivity index (χ1) is 9.04. The van der Waals surface area contributed by atoms with Crippen LogP contribution >= 0.6 is 0 Å². The topological polar surface area (TPSA) is 77.2 Å². The number of pyridine rings is 1. The summed E-state index contributed by atoms with van der Waals surface area (Å²) < 4.78 is 0. The maximum absolute atomic E-state index is 11.4. The number of carbonyl (C=O) groups is 1. The van der Waals surface area contributed by atoms with Crippen molar-refractivity contribution in [3.05, 3.63) is 23.4 Å². The molecule has 1 saturated heterocycles. The molecule has 0 amide bonds. The second-order valence-corrected chi connectivity index (χ2v) is 5.12. The van der Waals surface area contributed by atoms with Crippen molar-refractivity contribution in [3.63, 3.8) is 0 Å². The first-order valence-corrected chi connectivity index (χ1v) is 6.39. The monoisotopic (exact) mass is 259 g/mol. The van der Waals surface area contributed by atoms with Crippen LogP contribution in [-0.2, 0) is 4.79 Å². The normalized spacial score (nSPS) is 22.9. The molecule has 2 rings (SSSR count). The predicted molar refractivity (Wildman–Crippen MR) is 70.9 cm³/mol. The first kappa shape index (κ1) is 13.3. The van der Waals surface area contributed by atoms with E-state index in [1.54, 1.807) is 17.2 Å². The number of carboxylic acid groups (broad SMARTS) is 1. The van der Waals surface area contributed by atoms with Crippen LogP contribution in [0.25, 0.3) is 0 Å². The Hall–Kier alpha value is -2.09. The van der Waals surface area contributed by atoms with E-state index >= 15 is 0 Å². The molecule has 2 atom stereocenters. The van der Waals surface area contributed by atoms with Gasteiger partial charge in [0, 0.05) is 12.7 Å². The van der Waals surface area contributed by atoms with Gasteiger partial charge in [-0.1, -0.05) is 6.92 Å². The minimum absolute atomic E-state index is 0.382. The van der Waals surface area contributed by atoms with Gasteiger partial charge in [0.2, 0.25) is 0 Å². The van der Waals surface area contributed by atoms with Gasteiger partial charge in [-0.15, -0.1) is 0 Å². The van der Waals surface area contributed by atoms with Gasteiger partial charge in [0.05, 0.1) is 5.56 Å². The Bertz CT molecular complexity index is 536. The van der Waals surface area contributed by atoms with Crippen LogP contribution in [0.1, 0.15) is 30.9 Å². The number of aromatic nitrogens is 1. The molecule has 1 aromatic heterocycles. The summed E-state index contributed by atoms with van der Waals surface area (Å²) in [5.41, 5.74) is 1.30. The molecule has 5 nitrogen and oxygen atoms in total. The molecular weight excluding hydrogens is 242 g/mol. The zero-order valence-electron chi connectivity index (χ0n) is 11.1. The molecule has 5 heteroatoms. The van der Waals surface area contributed by atoms with Crippen LogP contribution < -0.4 is 4.90 Å². The fourth-order valence-electron chi connectivity index (χ4n) is 2.53. The minimum Gasteiger partial charge on any atom is -0.480 e. The third kappa shape index (κ3) is 2.53. The van der Waals surface area contributed by atoms with Crippen molar-refractivity contribution in [2.24, 2.45) is 5.92 Å². The molecule has 0 aromatic carbocycles. The summed E-state index contributed by atoms with van der Waals surface area (Å²) in [5.74, 6) is 0.0354. The zero-order chi connectivity index (χ0) is 14.0. The van der Waals surface area contributed by atoms with E-state index in [-0.39, 0.29) is 0 Å². The Morgan fingerprint density at radius 3 is 3.00 bits per heavy atom. The quantitative estimate of drug-likeness (QED) is 0.878. The average Bonchev–Trinajstić information content (AvgIpc) is 2.38. The molecule has 2 unspecified atom stereocenters. The highest BCUT2D eigenvalue weighted by molar-refractivity contribution is 5.79. The van der Waals surface area contributed by atoms with Crippen molar-refractivity contribution < 1.29 is 9.90 Å². The molecular formula is C14H17N3O2. The molecule has 0 radical (unpaired) electrons. The number of rotatable bonds is 2. The van der Waals surface area contributed by atoms with Crippen molar-refractivity contribution in [3.8, 4) is 6.07 Å². The maximum Gasteiger partial charge on any atom is 0.326 e. The number of nitriles is 1. The Labute approximate surface area is 112 Å². The van der Waals surface area contributed by atoms with Crippen molar-refractivity contribution >= 4 is 11.8 Å². The third-order valence-electron chi connectivity index (χ3n) is 3.67. The van der Waals surface area contributed by atoms with E-state index in [0.29, 0.717) is 30.3 Å². The number of aliphatic carboxylic acids is 1. The smallest absolute Gasteiger partial charge is 0.326 e. The molecule has 1 N–H and O–H groups in total. The lowest BCUT2D eigenvalue weighted by molar-refractivity contribution is -0.139. The molecule has 100 valence electrons. The van der Waals surface area contributed by atoms with Crippen molar-refractivity contribution in [2.75, 3.05) is 11.4 Å². The van der Waals surface area contributed by atoms with E-state index in [2.05, 4.69) is 18.0 Å². The molecule has 19 heavy (non-hydrogen) atoms. The Balaban J connectivity index is 2.42. The fourth-order valence-corrected chi connectivity index (χ4v) is 2.53.